The minimum atomic E-state index is -0.350. The van der Waals surface area contributed by atoms with E-state index in [1.165, 1.54) is 5.56 Å². The molecule has 62 valence electrons. The van der Waals surface area contributed by atoms with Crippen LogP contribution in [0.2, 0.25) is 0 Å². The lowest BCUT2D eigenvalue weighted by molar-refractivity contribution is 0.188. The molecule has 11 heavy (non-hydrogen) atoms. The van der Waals surface area contributed by atoms with Crippen molar-refractivity contribution >= 4 is 22.9 Å². The van der Waals surface area contributed by atoms with Crippen molar-refractivity contribution in [1.82, 2.24) is 0 Å². The maximum absolute atomic E-state index is 9.13. The van der Waals surface area contributed by atoms with Crippen LogP contribution in [0.25, 0.3) is 0 Å². The Morgan fingerprint density at radius 2 is 2.45 bits per heavy atom. The third-order valence-corrected chi connectivity index (χ3v) is 2.61. The zero-order valence-corrected chi connectivity index (χ0v) is 7.74. The molecular weight excluding hydrogens is 180 g/mol. The Morgan fingerprint density at radius 3 is 3.00 bits per heavy atom. The Morgan fingerprint density at radius 1 is 1.64 bits per heavy atom. The number of rotatable bonds is 4. The number of thiophene rings is 1. The summed E-state index contributed by atoms with van der Waals surface area (Å²) in [5, 5.41) is 13.3. The second-order valence-electron chi connectivity index (χ2n) is 2.48. The molecule has 0 aromatic carbocycles. The maximum Gasteiger partial charge on any atom is 0.0678 e. The van der Waals surface area contributed by atoms with Crippen molar-refractivity contribution in [2.45, 2.75) is 18.9 Å². The first kappa shape index (κ1) is 9.04. The number of alkyl halides is 1. The molecule has 1 aromatic rings. The first-order valence-electron chi connectivity index (χ1n) is 3.58. The van der Waals surface area contributed by atoms with Gasteiger partial charge in [0, 0.05) is 5.88 Å². The van der Waals surface area contributed by atoms with Crippen LogP contribution in [0.3, 0.4) is 0 Å². The molecule has 0 saturated carbocycles. The van der Waals surface area contributed by atoms with E-state index < -0.39 is 0 Å². The largest absolute Gasteiger partial charge is 0.392 e. The van der Waals surface area contributed by atoms with Crippen LogP contribution < -0.4 is 0 Å². The topological polar surface area (TPSA) is 20.2 Å². The molecule has 0 aliphatic carbocycles. The molecule has 0 bridgehead atoms. The monoisotopic (exact) mass is 190 g/mol. The van der Waals surface area contributed by atoms with E-state index in [2.05, 4.69) is 11.4 Å². The van der Waals surface area contributed by atoms with Crippen LogP contribution in [0, 0.1) is 0 Å². The highest BCUT2D eigenvalue weighted by Gasteiger charge is 2.01. The fourth-order valence-electron chi connectivity index (χ4n) is 0.845. The van der Waals surface area contributed by atoms with Gasteiger partial charge in [-0.2, -0.15) is 11.3 Å². The molecular formula is C8H11ClOS. The number of aliphatic hydroxyl groups is 1. The van der Waals surface area contributed by atoms with Crippen molar-refractivity contribution in [3.05, 3.63) is 22.4 Å². The average molecular weight is 191 g/mol. The van der Waals surface area contributed by atoms with Crippen molar-refractivity contribution in [1.29, 1.82) is 0 Å². The molecule has 1 heterocycles. The third-order valence-electron chi connectivity index (χ3n) is 1.52. The number of hydrogen-bond donors (Lipinski definition) is 1. The molecule has 1 aromatic heterocycles. The van der Waals surface area contributed by atoms with Crippen molar-refractivity contribution in [2.24, 2.45) is 0 Å². The summed E-state index contributed by atoms with van der Waals surface area (Å²) in [6, 6.07) is 2.08. The van der Waals surface area contributed by atoms with Crippen LogP contribution in [0.1, 0.15) is 12.0 Å². The second-order valence-corrected chi connectivity index (χ2v) is 3.57. The van der Waals surface area contributed by atoms with Gasteiger partial charge in [-0.15, -0.1) is 11.6 Å². The maximum atomic E-state index is 9.13. The minimum Gasteiger partial charge on any atom is -0.392 e. The summed E-state index contributed by atoms with van der Waals surface area (Å²) in [6.45, 7) is 0. The van der Waals surface area contributed by atoms with Gasteiger partial charge in [0.15, 0.2) is 0 Å². The van der Waals surface area contributed by atoms with E-state index in [0.29, 0.717) is 5.88 Å². The predicted octanol–water partition coefficient (Wildman–Crippen LogP) is 2.28. The zero-order valence-electron chi connectivity index (χ0n) is 6.16. The molecule has 1 N–H and O–H groups in total. The lowest BCUT2D eigenvalue weighted by Gasteiger charge is -2.03. The molecule has 0 radical (unpaired) electrons. The number of aliphatic hydroxyl groups excluding tert-OH is 1. The Kier molecular flexibility index (Phi) is 3.91. The predicted molar refractivity (Wildman–Crippen MR) is 49.4 cm³/mol. The van der Waals surface area contributed by atoms with Gasteiger partial charge in [-0.1, -0.05) is 0 Å². The lowest BCUT2D eigenvalue weighted by Crippen LogP contribution is -2.08. The smallest absolute Gasteiger partial charge is 0.0678 e. The number of halogens is 1. The third kappa shape index (κ3) is 3.23. The van der Waals surface area contributed by atoms with E-state index in [0.717, 1.165) is 12.8 Å². The van der Waals surface area contributed by atoms with E-state index in [1.54, 1.807) is 11.3 Å². The summed E-state index contributed by atoms with van der Waals surface area (Å²) in [7, 11) is 0. The van der Waals surface area contributed by atoms with Gasteiger partial charge in [0.25, 0.3) is 0 Å². The summed E-state index contributed by atoms with van der Waals surface area (Å²) < 4.78 is 0. The van der Waals surface area contributed by atoms with Gasteiger partial charge < -0.3 is 5.11 Å². The zero-order chi connectivity index (χ0) is 8.10. The fraction of sp³-hybridized carbons (Fsp3) is 0.500. The minimum absolute atomic E-state index is 0.337. The Hall–Kier alpha value is -0.0500. The standard InChI is InChI=1S/C8H11ClOS/c9-5-8(10)2-1-7-3-4-11-6-7/h3-4,6,8,10H,1-2,5H2. The van der Waals surface area contributed by atoms with Crippen molar-refractivity contribution in [3.63, 3.8) is 0 Å². The quantitative estimate of drug-likeness (QED) is 0.723. The molecule has 1 rings (SSSR count). The van der Waals surface area contributed by atoms with E-state index in [9.17, 15) is 0 Å². The molecule has 0 amide bonds. The van der Waals surface area contributed by atoms with Crippen LogP contribution in [-0.4, -0.2) is 17.1 Å². The van der Waals surface area contributed by atoms with E-state index in [4.69, 9.17) is 16.7 Å². The molecule has 0 fully saturated rings. The van der Waals surface area contributed by atoms with Gasteiger partial charge >= 0.3 is 0 Å². The van der Waals surface area contributed by atoms with E-state index in [-0.39, 0.29) is 6.10 Å². The molecule has 0 spiro atoms. The van der Waals surface area contributed by atoms with Crippen molar-refractivity contribution in [2.75, 3.05) is 5.88 Å². The summed E-state index contributed by atoms with van der Waals surface area (Å²) >= 11 is 7.13. The molecule has 1 unspecified atom stereocenters. The highest BCUT2D eigenvalue weighted by atomic mass is 35.5. The van der Waals surface area contributed by atoms with Crippen molar-refractivity contribution in [3.8, 4) is 0 Å². The Bertz CT molecular complexity index is 186. The van der Waals surface area contributed by atoms with Gasteiger partial charge in [0.2, 0.25) is 0 Å². The fourth-order valence-corrected chi connectivity index (χ4v) is 1.70. The molecule has 0 aliphatic rings. The molecule has 3 heteroatoms. The van der Waals surface area contributed by atoms with E-state index in [1.807, 2.05) is 5.38 Å². The summed E-state index contributed by atoms with van der Waals surface area (Å²) in [5.41, 5.74) is 1.29. The number of aryl methyl sites for hydroxylation is 1. The summed E-state index contributed by atoms with van der Waals surface area (Å²) in [6.07, 6.45) is 1.34. The van der Waals surface area contributed by atoms with Gasteiger partial charge in [-0.25, -0.2) is 0 Å². The Labute approximate surface area is 75.6 Å². The van der Waals surface area contributed by atoms with Crippen LogP contribution in [0.5, 0.6) is 0 Å². The first-order chi connectivity index (χ1) is 5.33. The second kappa shape index (κ2) is 4.75. The Balaban J connectivity index is 2.23. The van der Waals surface area contributed by atoms with Crippen LogP contribution in [0.15, 0.2) is 16.8 Å². The van der Waals surface area contributed by atoms with Gasteiger partial charge in [-0.3, -0.25) is 0 Å². The van der Waals surface area contributed by atoms with Crippen LogP contribution >= 0.6 is 22.9 Å². The summed E-state index contributed by atoms with van der Waals surface area (Å²) in [4.78, 5) is 0. The SMILES string of the molecule is OC(CCl)CCc1ccsc1. The van der Waals surface area contributed by atoms with Crippen molar-refractivity contribution < 1.29 is 5.11 Å². The number of hydrogen-bond acceptors (Lipinski definition) is 2. The van der Waals surface area contributed by atoms with Crippen LogP contribution in [0.4, 0.5) is 0 Å². The van der Waals surface area contributed by atoms with E-state index >= 15 is 0 Å². The van der Waals surface area contributed by atoms with Gasteiger partial charge in [0.05, 0.1) is 6.10 Å². The summed E-state index contributed by atoms with van der Waals surface area (Å²) in [5.74, 6) is 0.337. The van der Waals surface area contributed by atoms with Crippen LogP contribution in [-0.2, 0) is 6.42 Å². The molecule has 0 saturated heterocycles. The molecule has 1 nitrogen and oxygen atoms in total. The van der Waals surface area contributed by atoms with Gasteiger partial charge in [0.1, 0.15) is 0 Å². The van der Waals surface area contributed by atoms with Gasteiger partial charge in [-0.05, 0) is 35.2 Å². The highest BCUT2D eigenvalue weighted by molar-refractivity contribution is 7.07. The molecule has 0 aliphatic heterocycles. The lowest BCUT2D eigenvalue weighted by atomic mass is 10.1. The highest BCUT2D eigenvalue weighted by Crippen LogP contribution is 2.09. The molecule has 1 atom stereocenters. The first-order valence-corrected chi connectivity index (χ1v) is 5.05. The normalized spacial score (nSPS) is 13.3. The average Bonchev–Trinajstić information content (AvgIpc) is 2.52.